The van der Waals surface area contributed by atoms with Crippen molar-refractivity contribution in [1.82, 2.24) is 0 Å². The molecule has 2 aromatic rings. The van der Waals surface area contributed by atoms with Gasteiger partial charge < -0.3 is 15.2 Å². The van der Waals surface area contributed by atoms with Crippen LogP contribution in [0.5, 0.6) is 11.5 Å². The van der Waals surface area contributed by atoms with Crippen molar-refractivity contribution in [1.29, 1.82) is 0 Å². The average molecular weight is 325 g/mol. The molecule has 0 bridgehead atoms. The highest BCUT2D eigenvalue weighted by Crippen LogP contribution is 2.27. The number of anilines is 1. The molecule has 2 aromatic carbocycles. The minimum Gasteiger partial charge on any atom is -0.506 e. The number of hydrogen-bond acceptors (Lipinski definition) is 3. The Kier molecular flexibility index (Phi) is 5.10. The predicted octanol–water partition coefficient (Wildman–Crippen LogP) is 3.86. The third-order valence-corrected chi connectivity index (χ3v) is 3.00. The molecule has 1 amide bonds. The van der Waals surface area contributed by atoms with Gasteiger partial charge in [-0.15, -0.1) is 13.2 Å². The second-order valence-corrected chi connectivity index (χ2v) is 4.72. The molecule has 2 N–H and O–H groups in total. The Bertz CT molecular complexity index is 686. The molecule has 0 aliphatic rings. The molecule has 0 aliphatic carbocycles. The Balaban J connectivity index is 1.98. The van der Waals surface area contributed by atoms with Crippen molar-refractivity contribution < 1.29 is 27.8 Å². The van der Waals surface area contributed by atoms with Crippen molar-refractivity contribution in [3.63, 3.8) is 0 Å². The number of rotatable bonds is 5. The van der Waals surface area contributed by atoms with Gasteiger partial charge in [-0.2, -0.15) is 0 Å². The van der Waals surface area contributed by atoms with Crippen molar-refractivity contribution in [2.24, 2.45) is 0 Å². The maximum atomic E-state index is 12.3. The van der Waals surface area contributed by atoms with Crippen LogP contribution < -0.4 is 10.1 Å². The minimum absolute atomic E-state index is 0.0490. The van der Waals surface area contributed by atoms with Crippen molar-refractivity contribution in [3.8, 4) is 11.5 Å². The van der Waals surface area contributed by atoms with Gasteiger partial charge in [-0.05, 0) is 30.2 Å². The van der Waals surface area contributed by atoms with Crippen LogP contribution in [0, 0.1) is 0 Å². The summed E-state index contributed by atoms with van der Waals surface area (Å²) in [6, 6.07) is 11.8. The topological polar surface area (TPSA) is 58.6 Å². The minimum atomic E-state index is -4.78. The van der Waals surface area contributed by atoms with E-state index in [2.05, 4.69) is 10.1 Å². The van der Waals surface area contributed by atoms with Crippen LogP contribution in [-0.2, 0) is 11.2 Å². The maximum absolute atomic E-state index is 12.3. The zero-order valence-electron chi connectivity index (χ0n) is 11.9. The fraction of sp³-hybridized carbons (Fsp3) is 0.188. The number of halogens is 3. The first-order valence-electron chi connectivity index (χ1n) is 6.76. The molecule has 0 heterocycles. The number of aromatic hydroxyl groups is 1. The first kappa shape index (κ1) is 16.7. The number of carbonyl (C=O) groups excluding carboxylic acids is 1. The van der Waals surface area contributed by atoms with E-state index in [1.807, 2.05) is 0 Å². The molecule has 0 atom stereocenters. The molecule has 122 valence electrons. The quantitative estimate of drug-likeness (QED) is 0.821. The number of ether oxygens (including phenoxy) is 1. The normalized spacial score (nSPS) is 11.1. The van der Waals surface area contributed by atoms with E-state index in [0.717, 1.165) is 0 Å². The summed E-state index contributed by atoms with van der Waals surface area (Å²) in [7, 11) is 0. The van der Waals surface area contributed by atoms with Gasteiger partial charge in [-0.3, -0.25) is 4.79 Å². The Morgan fingerprint density at radius 1 is 1.09 bits per heavy atom. The van der Waals surface area contributed by atoms with Crippen LogP contribution in [0.15, 0.2) is 48.5 Å². The van der Waals surface area contributed by atoms with E-state index in [4.69, 9.17) is 0 Å². The molecule has 0 radical (unpaired) electrons. The van der Waals surface area contributed by atoms with Crippen LogP contribution in [-0.4, -0.2) is 17.4 Å². The van der Waals surface area contributed by atoms with Gasteiger partial charge in [-0.1, -0.05) is 30.3 Å². The lowest BCUT2D eigenvalue weighted by atomic mass is 10.1. The molecule has 0 aliphatic heterocycles. The van der Waals surface area contributed by atoms with E-state index >= 15 is 0 Å². The highest BCUT2D eigenvalue weighted by atomic mass is 19.4. The van der Waals surface area contributed by atoms with Gasteiger partial charge in [0.2, 0.25) is 5.91 Å². The third kappa shape index (κ3) is 5.21. The number of carbonyl (C=O) groups is 1. The summed E-state index contributed by atoms with van der Waals surface area (Å²) in [6.45, 7) is 0. The zero-order valence-corrected chi connectivity index (χ0v) is 11.9. The smallest absolute Gasteiger partial charge is 0.506 e. The van der Waals surface area contributed by atoms with Crippen LogP contribution in [0.3, 0.4) is 0 Å². The first-order valence-corrected chi connectivity index (χ1v) is 6.76. The van der Waals surface area contributed by atoms with E-state index in [1.54, 1.807) is 18.2 Å². The number of nitrogens with one attached hydrogen (secondary N) is 1. The van der Waals surface area contributed by atoms with Crippen molar-refractivity contribution >= 4 is 11.6 Å². The monoisotopic (exact) mass is 325 g/mol. The average Bonchev–Trinajstić information content (AvgIpc) is 2.47. The number of phenols is 1. The van der Waals surface area contributed by atoms with E-state index in [-0.39, 0.29) is 35.6 Å². The first-order chi connectivity index (χ1) is 10.8. The van der Waals surface area contributed by atoms with Gasteiger partial charge in [-0.25, -0.2) is 0 Å². The molecule has 4 nitrogen and oxygen atoms in total. The fourth-order valence-electron chi connectivity index (χ4n) is 1.97. The summed E-state index contributed by atoms with van der Waals surface area (Å²) >= 11 is 0. The number of alkyl halides is 3. The molecule has 0 unspecified atom stereocenters. The van der Waals surface area contributed by atoms with Gasteiger partial charge in [0, 0.05) is 6.42 Å². The Labute approximate surface area is 130 Å². The molecule has 23 heavy (non-hydrogen) atoms. The lowest BCUT2D eigenvalue weighted by Crippen LogP contribution is -2.18. The predicted molar refractivity (Wildman–Crippen MR) is 78.2 cm³/mol. The van der Waals surface area contributed by atoms with Gasteiger partial charge in [0.05, 0.1) is 5.69 Å². The van der Waals surface area contributed by atoms with E-state index in [1.165, 1.54) is 30.3 Å². The summed E-state index contributed by atoms with van der Waals surface area (Å²) in [6.07, 6.45) is -4.76. The van der Waals surface area contributed by atoms with Crippen molar-refractivity contribution in [2.75, 3.05) is 5.32 Å². The van der Waals surface area contributed by atoms with E-state index < -0.39 is 12.3 Å². The Morgan fingerprint density at radius 2 is 1.74 bits per heavy atom. The number of phenolic OH excluding ortho intramolecular Hbond substituents is 1. The number of aryl methyl sites for hydroxylation is 1. The van der Waals surface area contributed by atoms with Crippen LogP contribution in [0.25, 0.3) is 0 Å². The van der Waals surface area contributed by atoms with Gasteiger partial charge in [0.1, 0.15) is 11.5 Å². The second-order valence-electron chi connectivity index (χ2n) is 4.72. The Morgan fingerprint density at radius 3 is 2.43 bits per heavy atom. The fourth-order valence-corrected chi connectivity index (χ4v) is 1.97. The number of benzene rings is 2. The molecule has 0 saturated carbocycles. The number of hydrogen-bond donors (Lipinski definition) is 2. The summed E-state index contributed by atoms with van der Waals surface area (Å²) in [4.78, 5) is 11.8. The molecule has 0 saturated heterocycles. The molecular weight excluding hydrogens is 311 g/mol. The lowest BCUT2D eigenvalue weighted by molar-refractivity contribution is -0.274. The summed E-state index contributed by atoms with van der Waals surface area (Å²) < 4.78 is 40.9. The zero-order chi connectivity index (χ0) is 16.9. The number of para-hydroxylation sites is 3. The molecule has 0 fully saturated rings. The highest BCUT2D eigenvalue weighted by Gasteiger charge is 2.31. The summed E-state index contributed by atoms with van der Waals surface area (Å²) in [5.74, 6) is -0.828. The van der Waals surface area contributed by atoms with Crippen molar-refractivity contribution in [2.45, 2.75) is 19.2 Å². The molecular formula is C16H14F3NO3. The largest absolute Gasteiger partial charge is 0.573 e. The maximum Gasteiger partial charge on any atom is 0.573 e. The molecule has 2 rings (SSSR count). The summed E-state index contributed by atoms with van der Waals surface area (Å²) in [5.41, 5.74) is 0.523. The van der Waals surface area contributed by atoms with E-state index in [0.29, 0.717) is 0 Å². The van der Waals surface area contributed by atoms with Crippen LogP contribution in [0.4, 0.5) is 18.9 Å². The van der Waals surface area contributed by atoms with Crippen LogP contribution >= 0.6 is 0 Å². The second kappa shape index (κ2) is 7.04. The molecule has 0 spiro atoms. The summed E-state index contributed by atoms with van der Waals surface area (Å²) in [5, 5.41) is 12.1. The molecule has 7 heteroatoms. The molecule has 0 aromatic heterocycles. The van der Waals surface area contributed by atoms with E-state index in [9.17, 15) is 23.1 Å². The van der Waals surface area contributed by atoms with Gasteiger partial charge in [0.15, 0.2) is 0 Å². The SMILES string of the molecule is O=C(CCc1ccccc1OC(F)(F)F)Nc1ccccc1O. The lowest BCUT2D eigenvalue weighted by Gasteiger charge is -2.13. The van der Waals surface area contributed by atoms with Crippen molar-refractivity contribution in [3.05, 3.63) is 54.1 Å². The number of amides is 1. The third-order valence-electron chi connectivity index (χ3n) is 3.00. The van der Waals surface area contributed by atoms with Gasteiger partial charge >= 0.3 is 6.36 Å². The standard InChI is InChI=1S/C16H14F3NO3/c17-16(18,19)23-14-8-4-1-5-11(14)9-10-15(22)20-12-6-2-3-7-13(12)21/h1-8,21H,9-10H2,(H,20,22). The van der Waals surface area contributed by atoms with Crippen LogP contribution in [0.1, 0.15) is 12.0 Å². The van der Waals surface area contributed by atoms with Crippen LogP contribution in [0.2, 0.25) is 0 Å². The Hall–Kier alpha value is -2.70. The van der Waals surface area contributed by atoms with Gasteiger partial charge in [0.25, 0.3) is 0 Å². The highest BCUT2D eigenvalue weighted by molar-refractivity contribution is 5.92.